The van der Waals surface area contributed by atoms with Crippen LogP contribution in [-0.2, 0) is 29.1 Å². The van der Waals surface area contributed by atoms with Crippen LogP contribution in [0.4, 0.5) is 0 Å². The largest absolute Gasteiger partial charge is 0.372 e. The Bertz CT molecular complexity index is 1270. The third kappa shape index (κ3) is 6.80. The van der Waals surface area contributed by atoms with Gasteiger partial charge in [-0.2, -0.15) is 4.72 Å². The number of benzene rings is 1. The maximum atomic E-state index is 13.1. The predicted molar refractivity (Wildman–Crippen MR) is 141 cm³/mol. The molecule has 0 spiro atoms. The van der Waals surface area contributed by atoms with E-state index in [4.69, 9.17) is 16.3 Å². The average molecular weight is 571 g/mol. The number of ether oxygens (including phenoxy) is 1. The first-order chi connectivity index (χ1) is 17.7. The molecule has 2 aromatic rings. The molecule has 2 saturated heterocycles. The van der Waals surface area contributed by atoms with Crippen molar-refractivity contribution in [1.82, 2.24) is 19.8 Å². The van der Waals surface area contributed by atoms with Crippen LogP contribution in [0.25, 0.3) is 10.1 Å². The van der Waals surface area contributed by atoms with Crippen molar-refractivity contribution in [3.05, 3.63) is 29.3 Å². The van der Waals surface area contributed by atoms with E-state index < -0.39 is 22.0 Å². The Morgan fingerprint density at radius 2 is 1.97 bits per heavy atom. The highest BCUT2D eigenvalue weighted by Gasteiger charge is 2.36. The summed E-state index contributed by atoms with van der Waals surface area (Å²) in [5.74, 6) is -0.850. The number of fused-ring (bicyclic) bond motifs is 1. The van der Waals surface area contributed by atoms with E-state index in [1.807, 2.05) is 6.92 Å². The van der Waals surface area contributed by atoms with Crippen LogP contribution >= 0.6 is 22.9 Å². The summed E-state index contributed by atoms with van der Waals surface area (Å²) < 4.78 is 34.6. The molecule has 1 aromatic heterocycles. The number of hydrogen-bond acceptors (Lipinski definition) is 7. The van der Waals surface area contributed by atoms with Gasteiger partial charge in [0.15, 0.2) is 0 Å². The monoisotopic (exact) mass is 570 g/mol. The molecule has 3 heterocycles. The van der Waals surface area contributed by atoms with Crippen molar-refractivity contribution in [2.45, 2.75) is 48.9 Å². The molecule has 2 N–H and O–H groups in total. The van der Waals surface area contributed by atoms with E-state index in [9.17, 15) is 22.8 Å². The Kier molecular flexibility index (Phi) is 9.07. The minimum absolute atomic E-state index is 0.0218. The van der Waals surface area contributed by atoms with Gasteiger partial charge in [-0.25, -0.2) is 8.42 Å². The van der Waals surface area contributed by atoms with Crippen molar-refractivity contribution in [2.24, 2.45) is 0 Å². The molecule has 4 rings (SSSR count). The van der Waals surface area contributed by atoms with E-state index in [-0.39, 0.29) is 35.2 Å². The lowest BCUT2D eigenvalue weighted by molar-refractivity contribution is -0.143. The van der Waals surface area contributed by atoms with Gasteiger partial charge in [-0.3, -0.25) is 14.4 Å². The highest BCUT2D eigenvalue weighted by molar-refractivity contribution is 7.91. The molecule has 37 heavy (non-hydrogen) atoms. The lowest BCUT2D eigenvalue weighted by Crippen LogP contribution is -2.55. The van der Waals surface area contributed by atoms with E-state index in [1.165, 1.54) is 4.90 Å². The average Bonchev–Trinajstić information content (AvgIpc) is 3.51. The normalized spacial score (nSPS) is 20.5. The Morgan fingerprint density at radius 1 is 1.19 bits per heavy atom. The molecule has 0 bridgehead atoms. The molecule has 2 fully saturated rings. The van der Waals surface area contributed by atoms with Crippen LogP contribution in [0, 0.1) is 0 Å². The van der Waals surface area contributed by atoms with E-state index in [2.05, 4.69) is 10.0 Å². The maximum absolute atomic E-state index is 13.1. The number of rotatable bonds is 10. The number of piperidine rings is 1. The van der Waals surface area contributed by atoms with Gasteiger partial charge in [0.1, 0.15) is 16.9 Å². The molecule has 1 aromatic carbocycles. The van der Waals surface area contributed by atoms with Gasteiger partial charge in [-0.05, 0) is 62.3 Å². The number of halogens is 1. The Hall–Kier alpha value is -2.25. The summed E-state index contributed by atoms with van der Waals surface area (Å²) in [4.78, 5) is 41.2. The fraction of sp³-hybridized carbons (Fsp3) is 0.542. The first-order valence-corrected chi connectivity index (χ1v) is 15.0. The second kappa shape index (κ2) is 12.1. The SMILES string of the molecule is CCOCC(=O)NCC1CCCN1C(=O)CN1CCCC(NS(=O)(=O)c2cc3cc(Cl)ccc3s2)C1=O. The Labute approximate surface area is 225 Å². The number of nitrogens with one attached hydrogen (secondary N) is 2. The lowest BCUT2D eigenvalue weighted by atomic mass is 10.1. The fourth-order valence-corrected chi connectivity index (χ4v) is 7.48. The standard InChI is InChI=1S/C24H31ClN4O6S2/c1-2-35-15-21(30)26-13-18-5-3-10-29(18)22(31)14-28-9-4-6-19(24(28)32)27-37(33,34)23-12-16-11-17(25)7-8-20(16)36-23/h7-8,11-12,18-19,27H,2-6,9-10,13-15H2,1H3,(H,26,30). The molecule has 0 saturated carbocycles. The van der Waals surface area contributed by atoms with Gasteiger partial charge in [0.05, 0.1) is 6.54 Å². The van der Waals surface area contributed by atoms with Crippen LogP contribution < -0.4 is 10.0 Å². The second-order valence-electron chi connectivity index (χ2n) is 9.15. The molecule has 3 amide bonds. The maximum Gasteiger partial charge on any atom is 0.250 e. The molecule has 2 aliphatic heterocycles. The number of thiophene rings is 1. The number of carbonyl (C=O) groups is 3. The van der Waals surface area contributed by atoms with Crippen LogP contribution in [0.5, 0.6) is 0 Å². The van der Waals surface area contributed by atoms with E-state index in [0.29, 0.717) is 49.5 Å². The topological polar surface area (TPSA) is 125 Å². The Morgan fingerprint density at radius 3 is 2.76 bits per heavy atom. The zero-order chi connectivity index (χ0) is 26.6. The van der Waals surface area contributed by atoms with Crippen molar-refractivity contribution in [3.8, 4) is 0 Å². The number of likely N-dealkylation sites (tertiary alicyclic amines) is 2. The van der Waals surface area contributed by atoms with Crippen molar-refractivity contribution >= 4 is 60.8 Å². The Balaban J connectivity index is 1.35. The molecule has 10 nitrogen and oxygen atoms in total. The smallest absolute Gasteiger partial charge is 0.250 e. The number of nitrogens with zero attached hydrogens (tertiary/aromatic N) is 2. The van der Waals surface area contributed by atoms with Gasteiger partial charge in [-0.15, -0.1) is 11.3 Å². The van der Waals surface area contributed by atoms with Crippen molar-refractivity contribution in [2.75, 3.05) is 39.4 Å². The molecule has 202 valence electrons. The summed E-state index contributed by atoms with van der Waals surface area (Å²) in [6.45, 7) is 3.37. The van der Waals surface area contributed by atoms with Crippen LogP contribution in [0.1, 0.15) is 32.6 Å². The summed E-state index contributed by atoms with van der Waals surface area (Å²) in [6, 6.07) is 5.62. The molecule has 2 atom stereocenters. The minimum atomic E-state index is -3.93. The van der Waals surface area contributed by atoms with Gasteiger partial charge >= 0.3 is 0 Å². The van der Waals surface area contributed by atoms with Crippen LogP contribution in [0.15, 0.2) is 28.5 Å². The molecule has 0 aliphatic carbocycles. The van der Waals surface area contributed by atoms with Crippen molar-refractivity contribution < 1.29 is 27.5 Å². The zero-order valence-electron chi connectivity index (χ0n) is 20.6. The van der Waals surface area contributed by atoms with Crippen molar-refractivity contribution in [3.63, 3.8) is 0 Å². The predicted octanol–water partition coefficient (Wildman–Crippen LogP) is 1.97. The molecule has 0 radical (unpaired) electrons. The first kappa shape index (κ1) is 27.8. The van der Waals surface area contributed by atoms with Gasteiger partial charge < -0.3 is 19.9 Å². The molecule has 2 unspecified atom stereocenters. The summed E-state index contributed by atoms with van der Waals surface area (Å²) >= 11 is 7.12. The number of amides is 3. The fourth-order valence-electron chi connectivity index (χ4n) is 4.68. The first-order valence-electron chi connectivity index (χ1n) is 12.3. The molecule has 2 aliphatic rings. The lowest BCUT2D eigenvalue weighted by Gasteiger charge is -2.34. The van der Waals surface area contributed by atoms with Crippen LogP contribution in [0.3, 0.4) is 0 Å². The van der Waals surface area contributed by atoms with Crippen LogP contribution in [-0.4, -0.2) is 87.4 Å². The number of hydrogen-bond donors (Lipinski definition) is 2. The van der Waals surface area contributed by atoms with E-state index >= 15 is 0 Å². The second-order valence-corrected chi connectivity index (χ2v) is 12.6. The van der Waals surface area contributed by atoms with Gasteiger partial charge in [-0.1, -0.05) is 11.6 Å². The molecule has 13 heteroatoms. The van der Waals surface area contributed by atoms with E-state index in [0.717, 1.165) is 28.9 Å². The quantitative estimate of drug-likeness (QED) is 0.450. The molecular weight excluding hydrogens is 540 g/mol. The minimum Gasteiger partial charge on any atom is -0.372 e. The summed E-state index contributed by atoms with van der Waals surface area (Å²) in [7, 11) is -3.93. The van der Waals surface area contributed by atoms with Gasteiger partial charge in [0, 0.05) is 42.0 Å². The summed E-state index contributed by atoms with van der Waals surface area (Å²) in [5.41, 5.74) is 0. The van der Waals surface area contributed by atoms with Crippen LogP contribution in [0.2, 0.25) is 5.02 Å². The van der Waals surface area contributed by atoms with E-state index in [1.54, 1.807) is 29.2 Å². The zero-order valence-corrected chi connectivity index (χ0v) is 23.0. The van der Waals surface area contributed by atoms with Crippen molar-refractivity contribution in [1.29, 1.82) is 0 Å². The third-order valence-corrected chi connectivity index (χ3v) is 9.84. The number of carbonyl (C=O) groups excluding carboxylic acids is 3. The van der Waals surface area contributed by atoms with Gasteiger partial charge in [0.25, 0.3) is 10.0 Å². The third-order valence-electron chi connectivity index (χ3n) is 6.54. The summed E-state index contributed by atoms with van der Waals surface area (Å²) in [5, 5.41) is 4.03. The van der Waals surface area contributed by atoms with Gasteiger partial charge in [0.2, 0.25) is 17.7 Å². The molecular formula is C24H31ClN4O6S2. The highest BCUT2D eigenvalue weighted by Crippen LogP contribution is 2.31. The summed E-state index contributed by atoms with van der Waals surface area (Å²) in [6.07, 6.45) is 2.51. The number of sulfonamides is 1. The highest BCUT2D eigenvalue weighted by atomic mass is 35.5.